The number of piperidine rings is 1. The van der Waals surface area contributed by atoms with Crippen molar-refractivity contribution in [3.63, 3.8) is 0 Å². The van der Waals surface area contributed by atoms with Gasteiger partial charge in [0.15, 0.2) is 0 Å². The lowest BCUT2D eigenvalue weighted by Gasteiger charge is -2.41. The van der Waals surface area contributed by atoms with Crippen molar-refractivity contribution in [2.75, 3.05) is 19.6 Å². The number of ether oxygens (including phenoxy) is 1. The zero-order valence-corrected chi connectivity index (χ0v) is 13.4. The third-order valence-electron chi connectivity index (χ3n) is 3.95. The van der Waals surface area contributed by atoms with Crippen LogP contribution >= 0.6 is 12.4 Å². The van der Waals surface area contributed by atoms with Crippen molar-refractivity contribution in [1.29, 1.82) is 0 Å². The highest BCUT2D eigenvalue weighted by Crippen LogP contribution is 2.37. The molecule has 1 aliphatic rings. The Morgan fingerprint density at radius 1 is 1.33 bits per heavy atom. The second-order valence-corrected chi connectivity index (χ2v) is 5.28. The van der Waals surface area contributed by atoms with Crippen LogP contribution in [0.2, 0.25) is 0 Å². The summed E-state index contributed by atoms with van der Waals surface area (Å²) >= 11 is 0. The number of esters is 1. The van der Waals surface area contributed by atoms with E-state index in [9.17, 15) is 4.79 Å². The molecule has 0 atom stereocenters. The van der Waals surface area contributed by atoms with Crippen LogP contribution in [0.15, 0.2) is 43.0 Å². The van der Waals surface area contributed by atoms with E-state index in [1.807, 2.05) is 31.2 Å². The van der Waals surface area contributed by atoms with Crippen LogP contribution in [0.4, 0.5) is 0 Å². The predicted molar refractivity (Wildman–Crippen MR) is 87.6 cm³/mol. The first-order chi connectivity index (χ1) is 9.70. The van der Waals surface area contributed by atoms with E-state index in [-0.39, 0.29) is 18.4 Å². The van der Waals surface area contributed by atoms with E-state index in [2.05, 4.69) is 23.6 Å². The third kappa shape index (κ3) is 4.32. The molecule has 21 heavy (non-hydrogen) atoms. The molecular formula is C17H24ClNO2. The molecular weight excluding hydrogens is 286 g/mol. The molecule has 116 valence electrons. The van der Waals surface area contributed by atoms with E-state index >= 15 is 0 Å². The molecule has 1 aliphatic heterocycles. The van der Waals surface area contributed by atoms with Gasteiger partial charge in [0.25, 0.3) is 0 Å². The van der Waals surface area contributed by atoms with Crippen molar-refractivity contribution >= 4 is 18.4 Å². The maximum absolute atomic E-state index is 11.8. The van der Waals surface area contributed by atoms with Gasteiger partial charge in [-0.05, 0) is 5.56 Å². The van der Waals surface area contributed by atoms with Crippen molar-refractivity contribution in [2.45, 2.75) is 31.8 Å². The van der Waals surface area contributed by atoms with Crippen molar-refractivity contribution in [3.8, 4) is 0 Å². The minimum absolute atomic E-state index is 0. The Morgan fingerprint density at radius 3 is 2.48 bits per heavy atom. The standard InChI is InChI=1S/C17H23NO2.ClH/c1-3-12-18-13-10-17(11-14-18,20-16(19)4-2)15-8-6-5-7-9-15;/h3,5-9H,1,4,10-14H2,2H3;1H. The lowest BCUT2D eigenvalue weighted by molar-refractivity contribution is -0.166. The molecule has 0 aliphatic carbocycles. The number of hydrogen-bond donors (Lipinski definition) is 0. The van der Waals surface area contributed by atoms with Gasteiger partial charge in [0.1, 0.15) is 5.60 Å². The molecule has 1 heterocycles. The molecule has 0 aromatic heterocycles. The highest BCUT2D eigenvalue weighted by atomic mass is 35.5. The summed E-state index contributed by atoms with van der Waals surface area (Å²) in [5.74, 6) is -0.119. The van der Waals surface area contributed by atoms with E-state index in [1.54, 1.807) is 0 Å². The Labute approximate surface area is 133 Å². The summed E-state index contributed by atoms with van der Waals surface area (Å²) in [7, 11) is 0. The maximum Gasteiger partial charge on any atom is 0.306 e. The molecule has 1 aromatic carbocycles. The zero-order valence-electron chi connectivity index (χ0n) is 12.6. The van der Waals surface area contributed by atoms with Gasteiger partial charge in [0.05, 0.1) is 0 Å². The maximum atomic E-state index is 11.8. The number of rotatable bonds is 5. The SMILES string of the molecule is C=CCN1CCC(OC(=O)CC)(c2ccccc2)CC1.Cl. The van der Waals surface area contributed by atoms with Crippen LogP contribution in [0.1, 0.15) is 31.7 Å². The van der Waals surface area contributed by atoms with Crippen molar-refractivity contribution in [1.82, 2.24) is 4.90 Å². The van der Waals surface area contributed by atoms with Crippen LogP contribution in [0.25, 0.3) is 0 Å². The minimum Gasteiger partial charge on any atom is -0.454 e. The average Bonchev–Trinajstić information content (AvgIpc) is 2.50. The summed E-state index contributed by atoms with van der Waals surface area (Å²) in [6, 6.07) is 10.1. The number of hydrogen-bond acceptors (Lipinski definition) is 3. The second-order valence-electron chi connectivity index (χ2n) is 5.28. The Kier molecular flexibility index (Phi) is 6.93. The van der Waals surface area contributed by atoms with Gasteiger partial charge in [-0.15, -0.1) is 19.0 Å². The zero-order chi connectivity index (χ0) is 14.4. The summed E-state index contributed by atoms with van der Waals surface area (Å²) < 4.78 is 5.85. The topological polar surface area (TPSA) is 29.5 Å². The summed E-state index contributed by atoms with van der Waals surface area (Å²) in [6.45, 7) is 8.38. The molecule has 0 N–H and O–H groups in total. The first kappa shape index (κ1) is 17.7. The molecule has 2 rings (SSSR count). The van der Waals surface area contributed by atoms with Gasteiger partial charge in [-0.2, -0.15) is 0 Å². The lowest BCUT2D eigenvalue weighted by atomic mass is 9.84. The van der Waals surface area contributed by atoms with E-state index in [0.717, 1.165) is 38.0 Å². The Hall–Kier alpha value is -1.32. The Morgan fingerprint density at radius 2 is 1.95 bits per heavy atom. The minimum atomic E-state index is -0.452. The van der Waals surface area contributed by atoms with Crippen LogP contribution in [-0.2, 0) is 15.1 Å². The smallest absolute Gasteiger partial charge is 0.306 e. The van der Waals surface area contributed by atoms with E-state index in [1.165, 1.54) is 0 Å². The third-order valence-corrected chi connectivity index (χ3v) is 3.95. The average molecular weight is 310 g/mol. The highest BCUT2D eigenvalue weighted by molar-refractivity contribution is 5.85. The fourth-order valence-electron chi connectivity index (χ4n) is 2.76. The first-order valence-corrected chi connectivity index (χ1v) is 7.31. The summed E-state index contributed by atoms with van der Waals surface area (Å²) in [5, 5.41) is 0. The molecule has 1 saturated heterocycles. The van der Waals surface area contributed by atoms with Crippen LogP contribution in [0.3, 0.4) is 0 Å². The predicted octanol–water partition coefficient (Wildman–Crippen LogP) is 3.54. The van der Waals surface area contributed by atoms with Gasteiger partial charge < -0.3 is 4.74 Å². The summed E-state index contributed by atoms with van der Waals surface area (Å²) in [5.41, 5.74) is 0.659. The number of carbonyl (C=O) groups excluding carboxylic acids is 1. The van der Waals surface area contributed by atoms with Gasteiger partial charge >= 0.3 is 5.97 Å². The van der Waals surface area contributed by atoms with Crippen molar-refractivity contribution in [3.05, 3.63) is 48.6 Å². The Bertz CT molecular complexity index is 453. The van der Waals surface area contributed by atoms with Crippen LogP contribution in [-0.4, -0.2) is 30.5 Å². The molecule has 0 amide bonds. The van der Waals surface area contributed by atoms with Gasteiger partial charge in [0.2, 0.25) is 0 Å². The van der Waals surface area contributed by atoms with E-state index in [0.29, 0.717) is 6.42 Å². The summed E-state index contributed by atoms with van der Waals surface area (Å²) in [4.78, 5) is 14.2. The van der Waals surface area contributed by atoms with Crippen LogP contribution in [0.5, 0.6) is 0 Å². The van der Waals surface area contributed by atoms with Gasteiger partial charge in [0, 0.05) is 38.9 Å². The Balaban J connectivity index is 0.00000220. The molecule has 1 aromatic rings. The highest BCUT2D eigenvalue weighted by Gasteiger charge is 2.39. The van der Waals surface area contributed by atoms with Gasteiger partial charge in [-0.1, -0.05) is 43.3 Å². The first-order valence-electron chi connectivity index (χ1n) is 7.31. The number of halogens is 1. The van der Waals surface area contributed by atoms with Crippen LogP contribution < -0.4 is 0 Å². The fourth-order valence-corrected chi connectivity index (χ4v) is 2.76. The number of carbonyl (C=O) groups is 1. The quantitative estimate of drug-likeness (QED) is 0.615. The lowest BCUT2D eigenvalue weighted by Crippen LogP contribution is -2.45. The second kappa shape index (κ2) is 8.20. The largest absolute Gasteiger partial charge is 0.454 e. The molecule has 4 heteroatoms. The van der Waals surface area contributed by atoms with Crippen LogP contribution in [0, 0.1) is 0 Å². The molecule has 0 unspecified atom stereocenters. The molecule has 0 bridgehead atoms. The van der Waals surface area contributed by atoms with Crippen molar-refractivity contribution < 1.29 is 9.53 Å². The summed E-state index contributed by atoms with van der Waals surface area (Å²) in [6.07, 6.45) is 4.03. The molecule has 1 fully saturated rings. The number of likely N-dealkylation sites (tertiary alicyclic amines) is 1. The van der Waals surface area contributed by atoms with E-state index < -0.39 is 5.60 Å². The van der Waals surface area contributed by atoms with Gasteiger partial charge in [-0.3, -0.25) is 9.69 Å². The molecule has 3 nitrogen and oxygen atoms in total. The molecule has 0 spiro atoms. The van der Waals surface area contributed by atoms with Crippen molar-refractivity contribution in [2.24, 2.45) is 0 Å². The monoisotopic (exact) mass is 309 g/mol. The molecule has 0 radical (unpaired) electrons. The molecule has 0 saturated carbocycles. The van der Waals surface area contributed by atoms with E-state index in [4.69, 9.17) is 4.74 Å². The fraction of sp³-hybridized carbons (Fsp3) is 0.471. The number of nitrogens with zero attached hydrogens (tertiary/aromatic N) is 1. The number of benzene rings is 1. The normalized spacial score (nSPS) is 17.6. The van der Waals surface area contributed by atoms with Gasteiger partial charge in [-0.25, -0.2) is 0 Å².